The number of ether oxygens (including phenoxy) is 3. The van der Waals surface area contributed by atoms with E-state index in [1.807, 2.05) is 19.0 Å². The number of rotatable bonds is 9. The topological polar surface area (TPSA) is 64.1 Å². The minimum absolute atomic E-state index is 0. The highest BCUT2D eigenvalue weighted by Crippen LogP contribution is 2.33. The normalized spacial score (nSPS) is 11.2. The summed E-state index contributed by atoms with van der Waals surface area (Å²) in [6, 6.07) is 10.7. The molecule has 0 atom stereocenters. The average molecular weight is 506 g/mol. The molecular formula is C21H23ClF3N3O4S. The molecule has 0 bridgehead atoms. The minimum Gasteiger partial charge on any atom is -0.497 e. The minimum atomic E-state index is -4.78. The maximum Gasteiger partial charge on any atom is 0.573 e. The number of anilines is 1. The summed E-state index contributed by atoms with van der Waals surface area (Å²) in [5.74, 6) is 0.507. The summed E-state index contributed by atoms with van der Waals surface area (Å²) in [5, 5.41) is 0.370. The Labute approximate surface area is 199 Å². The summed E-state index contributed by atoms with van der Waals surface area (Å²) in [6.45, 7) is 0.675. The van der Waals surface area contributed by atoms with Crippen molar-refractivity contribution in [3.05, 3.63) is 42.5 Å². The Morgan fingerprint density at radius 2 is 1.67 bits per heavy atom. The van der Waals surface area contributed by atoms with Crippen LogP contribution in [0.3, 0.4) is 0 Å². The Morgan fingerprint density at radius 3 is 2.27 bits per heavy atom. The van der Waals surface area contributed by atoms with E-state index in [-0.39, 0.29) is 30.7 Å². The molecule has 0 aliphatic carbocycles. The van der Waals surface area contributed by atoms with Gasteiger partial charge in [-0.25, -0.2) is 4.98 Å². The Bertz CT molecular complexity index is 1060. The predicted octanol–water partition coefficient (Wildman–Crippen LogP) is 4.60. The van der Waals surface area contributed by atoms with E-state index in [0.29, 0.717) is 39.9 Å². The molecule has 180 valence electrons. The first-order valence-corrected chi connectivity index (χ1v) is 10.3. The molecule has 0 aliphatic rings. The van der Waals surface area contributed by atoms with Crippen LogP contribution in [0.5, 0.6) is 17.2 Å². The van der Waals surface area contributed by atoms with Crippen LogP contribution >= 0.6 is 23.7 Å². The van der Waals surface area contributed by atoms with Gasteiger partial charge in [0, 0.05) is 19.2 Å². The van der Waals surface area contributed by atoms with Crippen LogP contribution in [0.1, 0.15) is 0 Å². The first kappa shape index (κ1) is 26.5. The second-order valence-corrected chi connectivity index (χ2v) is 8.00. The van der Waals surface area contributed by atoms with Crippen molar-refractivity contribution in [3.8, 4) is 17.2 Å². The summed E-state index contributed by atoms with van der Waals surface area (Å²) >= 11 is 1.11. The van der Waals surface area contributed by atoms with Gasteiger partial charge in [-0.1, -0.05) is 11.3 Å². The Kier molecular flexibility index (Phi) is 9.15. The quantitative estimate of drug-likeness (QED) is 0.423. The van der Waals surface area contributed by atoms with E-state index in [1.54, 1.807) is 31.4 Å². The van der Waals surface area contributed by atoms with E-state index in [9.17, 15) is 18.0 Å². The number of thiazole rings is 1. The fraction of sp³-hybridized carbons (Fsp3) is 0.333. The van der Waals surface area contributed by atoms with Crippen LogP contribution in [0.4, 0.5) is 18.3 Å². The van der Waals surface area contributed by atoms with Crippen molar-refractivity contribution in [1.82, 2.24) is 9.88 Å². The first-order valence-electron chi connectivity index (χ1n) is 9.53. The molecule has 0 fully saturated rings. The van der Waals surface area contributed by atoms with Gasteiger partial charge in [0.25, 0.3) is 5.91 Å². The summed E-state index contributed by atoms with van der Waals surface area (Å²) in [6.07, 6.45) is -4.78. The fourth-order valence-corrected chi connectivity index (χ4v) is 3.76. The average Bonchev–Trinajstić information content (AvgIpc) is 3.14. The lowest BCUT2D eigenvalue weighted by Crippen LogP contribution is -2.39. The lowest BCUT2D eigenvalue weighted by molar-refractivity contribution is -0.274. The van der Waals surface area contributed by atoms with Crippen LogP contribution in [0, 0.1) is 0 Å². The number of likely N-dealkylation sites (N-methyl/N-ethyl adjacent to an activating group) is 1. The highest BCUT2D eigenvalue weighted by molar-refractivity contribution is 7.22. The number of carbonyl (C=O) groups excluding carboxylic acids is 1. The molecule has 1 heterocycles. The number of aromatic nitrogens is 1. The van der Waals surface area contributed by atoms with Crippen LogP contribution < -0.4 is 19.1 Å². The van der Waals surface area contributed by atoms with Gasteiger partial charge in [0.2, 0.25) is 0 Å². The van der Waals surface area contributed by atoms with Gasteiger partial charge in [0.15, 0.2) is 11.7 Å². The summed E-state index contributed by atoms with van der Waals surface area (Å²) in [5.41, 5.74) is 0.471. The Balaban J connectivity index is 0.00000385. The van der Waals surface area contributed by atoms with Gasteiger partial charge in [0.1, 0.15) is 17.2 Å². The van der Waals surface area contributed by atoms with Crippen molar-refractivity contribution in [3.63, 3.8) is 0 Å². The number of halogens is 4. The van der Waals surface area contributed by atoms with Gasteiger partial charge in [0.05, 0.1) is 17.3 Å². The van der Waals surface area contributed by atoms with Gasteiger partial charge < -0.3 is 19.1 Å². The molecule has 0 spiro atoms. The van der Waals surface area contributed by atoms with Crippen LogP contribution in [0.15, 0.2) is 42.5 Å². The van der Waals surface area contributed by atoms with Crippen molar-refractivity contribution < 1.29 is 32.2 Å². The van der Waals surface area contributed by atoms with Crippen LogP contribution in [0.25, 0.3) is 10.2 Å². The summed E-state index contributed by atoms with van der Waals surface area (Å²) in [7, 11) is 5.30. The second kappa shape index (κ2) is 11.4. The van der Waals surface area contributed by atoms with Gasteiger partial charge >= 0.3 is 6.36 Å². The zero-order valence-electron chi connectivity index (χ0n) is 18.1. The molecule has 0 saturated heterocycles. The first-order chi connectivity index (χ1) is 15.1. The van der Waals surface area contributed by atoms with E-state index in [1.165, 1.54) is 23.1 Å². The third kappa shape index (κ3) is 7.65. The number of carbonyl (C=O) groups is 1. The van der Waals surface area contributed by atoms with Crippen molar-refractivity contribution in [2.24, 2.45) is 0 Å². The van der Waals surface area contributed by atoms with Gasteiger partial charge in [-0.15, -0.1) is 25.6 Å². The highest BCUT2D eigenvalue weighted by Gasteiger charge is 2.31. The molecule has 7 nitrogen and oxygen atoms in total. The molecule has 0 unspecified atom stereocenters. The maximum absolute atomic E-state index is 12.9. The maximum atomic E-state index is 12.9. The Hall–Kier alpha value is -2.76. The van der Waals surface area contributed by atoms with E-state index in [0.717, 1.165) is 11.3 Å². The molecule has 1 amide bonds. The molecule has 0 aliphatic heterocycles. The molecule has 0 N–H and O–H groups in total. The molecule has 3 aromatic rings. The van der Waals surface area contributed by atoms with Crippen molar-refractivity contribution in [2.75, 3.05) is 45.8 Å². The third-order valence-electron chi connectivity index (χ3n) is 4.31. The predicted molar refractivity (Wildman–Crippen MR) is 123 cm³/mol. The standard InChI is InChI=1S/C21H22F3N3O4S.ClH/c1-26(2)10-11-27(19(28)13-30-15-6-4-14(29-3)5-7-15)20-25-17-9-8-16(12-18(17)32-20)31-21(22,23)24;/h4-9,12H,10-11,13H2,1-3H3;1H. The highest BCUT2D eigenvalue weighted by atomic mass is 35.5. The number of amides is 1. The number of benzene rings is 2. The number of hydrogen-bond acceptors (Lipinski definition) is 7. The molecule has 3 rings (SSSR count). The van der Waals surface area contributed by atoms with Crippen molar-refractivity contribution in [1.29, 1.82) is 0 Å². The van der Waals surface area contributed by atoms with Gasteiger partial charge in [-0.3, -0.25) is 9.69 Å². The van der Waals surface area contributed by atoms with E-state index in [4.69, 9.17) is 9.47 Å². The molecule has 0 radical (unpaired) electrons. The van der Waals surface area contributed by atoms with E-state index < -0.39 is 6.36 Å². The molecule has 1 aromatic heterocycles. The van der Waals surface area contributed by atoms with Crippen molar-refractivity contribution >= 4 is 45.0 Å². The van der Waals surface area contributed by atoms with Crippen LogP contribution in [-0.2, 0) is 4.79 Å². The van der Waals surface area contributed by atoms with Crippen LogP contribution in [-0.4, -0.2) is 63.1 Å². The van der Waals surface area contributed by atoms with Gasteiger partial charge in [-0.2, -0.15) is 0 Å². The van der Waals surface area contributed by atoms with Crippen LogP contribution in [0.2, 0.25) is 0 Å². The largest absolute Gasteiger partial charge is 0.573 e. The SMILES string of the molecule is COc1ccc(OCC(=O)N(CCN(C)C)c2nc3ccc(OC(F)(F)F)cc3s2)cc1.Cl. The lowest BCUT2D eigenvalue weighted by atomic mass is 10.3. The number of hydrogen-bond donors (Lipinski definition) is 0. The number of nitrogens with zero attached hydrogens (tertiary/aromatic N) is 3. The smallest absolute Gasteiger partial charge is 0.497 e. The molecule has 0 saturated carbocycles. The molecule has 2 aromatic carbocycles. The number of fused-ring (bicyclic) bond motifs is 1. The second-order valence-electron chi connectivity index (χ2n) is 6.99. The van der Waals surface area contributed by atoms with Gasteiger partial charge in [-0.05, 0) is 50.5 Å². The monoisotopic (exact) mass is 505 g/mol. The zero-order valence-corrected chi connectivity index (χ0v) is 19.7. The number of methoxy groups -OCH3 is 1. The Morgan fingerprint density at radius 1 is 1.03 bits per heavy atom. The molecule has 33 heavy (non-hydrogen) atoms. The molecular weight excluding hydrogens is 483 g/mol. The summed E-state index contributed by atoms with van der Waals surface area (Å²) in [4.78, 5) is 20.7. The summed E-state index contributed by atoms with van der Waals surface area (Å²) < 4.78 is 52.7. The van der Waals surface area contributed by atoms with E-state index >= 15 is 0 Å². The third-order valence-corrected chi connectivity index (χ3v) is 5.35. The van der Waals surface area contributed by atoms with E-state index in [2.05, 4.69) is 9.72 Å². The number of alkyl halides is 3. The van der Waals surface area contributed by atoms with Crippen molar-refractivity contribution in [2.45, 2.75) is 6.36 Å². The zero-order chi connectivity index (χ0) is 23.3. The fourth-order valence-electron chi connectivity index (χ4n) is 2.73. The molecule has 12 heteroatoms. The lowest BCUT2D eigenvalue weighted by Gasteiger charge is -2.22.